The van der Waals surface area contributed by atoms with E-state index in [-0.39, 0.29) is 0 Å². The maximum atomic E-state index is 11.2. The van der Waals surface area contributed by atoms with Gasteiger partial charge >= 0.3 is 0 Å². The van der Waals surface area contributed by atoms with E-state index < -0.39 is 11.5 Å². The van der Waals surface area contributed by atoms with Crippen LogP contribution in [-0.4, -0.2) is 13.0 Å². The molecule has 0 spiro atoms. The summed E-state index contributed by atoms with van der Waals surface area (Å²) in [6.07, 6.45) is 0. The zero-order chi connectivity index (χ0) is 10.8. The normalized spacial score (nSPS) is 14.8. The van der Waals surface area contributed by atoms with Crippen molar-refractivity contribution >= 4 is 21.8 Å². The van der Waals surface area contributed by atoms with Gasteiger partial charge in [-0.3, -0.25) is 4.79 Å². The van der Waals surface area contributed by atoms with Gasteiger partial charge in [0.05, 0.1) is 0 Å². The van der Waals surface area contributed by atoms with Gasteiger partial charge in [0.2, 0.25) is 0 Å². The second-order valence-corrected chi connectivity index (χ2v) is 4.03. The Labute approximate surface area is 91.4 Å². The number of halogens is 1. The van der Waals surface area contributed by atoms with E-state index in [2.05, 4.69) is 15.9 Å². The van der Waals surface area contributed by atoms with Crippen LogP contribution in [0.4, 0.5) is 0 Å². The number of nitrogens with two attached hydrogens (primary N) is 1. The quantitative estimate of drug-likeness (QED) is 0.898. The second kappa shape index (κ2) is 4.11. The van der Waals surface area contributed by atoms with Crippen LogP contribution in [0.3, 0.4) is 0 Å². The molecule has 14 heavy (non-hydrogen) atoms. The van der Waals surface area contributed by atoms with E-state index in [9.17, 15) is 4.79 Å². The van der Waals surface area contributed by atoms with Crippen molar-refractivity contribution < 1.29 is 9.53 Å². The summed E-state index contributed by atoms with van der Waals surface area (Å²) in [6.45, 7) is 1.65. The Morgan fingerprint density at radius 3 is 2.64 bits per heavy atom. The SMILES string of the molecule is COC(C)(C(N)=O)c1cccc(Br)c1. The zero-order valence-electron chi connectivity index (χ0n) is 8.08. The molecule has 0 aliphatic carbocycles. The number of amides is 1. The Morgan fingerprint density at radius 1 is 1.57 bits per heavy atom. The number of hydrogen-bond acceptors (Lipinski definition) is 2. The topological polar surface area (TPSA) is 52.3 Å². The van der Waals surface area contributed by atoms with Crippen LogP contribution in [-0.2, 0) is 15.1 Å². The summed E-state index contributed by atoms with van der Waals surface area (Å²) in [7, 11) is 1.46. The van der Waals surface area contributed by atoms with Crippen molar-refractivity contribution in [1.29, 1.82) is 0 Å². The van der Waals surface area contributed by atoms with E-state index in [1.54, 1.807) is 13.0 Å². The molecule has 2 N–H and O–H groups in total. The molecule has 3 nitrogen and oxygen atoms in total. The molecule has 1 aromatic carbocycles. The summed E-state index contributed by atoms with van der Waals surface area (Å²) in [5.41, 5.74) is 4.96. The Balaban J connectivity index is 3.19. The molecule has 0 saturated carbocycles. The first-order chi connectivity index (χ1) is 6.50. The van der Waals surface area contributed by atoms with Gasteiger partial charge in [0, 0.05) is 11.6 Å². The molecule has 0 heterocycles. The summed E-state index contributed by atoms with van der Waals surface area (Å²) in [5, 5.41) is 0. The molecule has 0 aromatic heterocycles. The lowest BCUT2D eigenvalue weighted by Crippen LogP contribution is -2.40. The third kappa shape index (κ3) is 1.96. The van der Waals surface area contributed by atoms with E-state index in [1.807, 2.05) is 18.2 Å². The summed E-state index contributed by atoms with van der Waals surface area (Å²) in [4.78, 5) is 11.2. The first kappa shape index (κ1) is 11.2. The molecular formula is C10H12BrNO2. The molecule has 0 bridgehead atoms. The molecule has 1 rings (SSSR count). The third-order valence-corrected chi connectivity index (χ3v) is 2.75. The van der Waals surface area contributed by atoms with Gasteiger partial charge in [0.1, 0.15) is 0 Å². The van der Waals surface area contributed by atoms with Crippen molar-refractivity contribution in [1.82, 2.24) is 0 Å². The molecular weight excluding hydrogens is 246 g/mol. The largest absolute Gasteiger partial charge is 0.367 e. The highest BCUT2D eigenvalue weighted by atomic mass is 79.9. The number of benzene rings is 1. The maximum Gasteiger partial charge on any atom is 0.254 e. The van der Waals surface area contributed by atoms with Crippen molar-refractivity contribution in [3.63, 3.8) is 0 Å². The summed E-state index contributed by atoms with van der Waals surface area (Å²) >= 11 is 3.33. The zero-order valence-corrected chi connectivity index (χ0v) is 9.67. The lowest BCUT2D eigenvalue weighted by Gasteiger charge is -2.24. The fourth-order valence-corrected chi connectivity index (χ4v) is 1.55. The number of rotatable bonds is 3. The molecule has 1 atom stereocenters. The van der Waals surface area contributed by atoms with Crippen LogP contribution in [0.15, 0.2) is 28.7 Å². The minimum Gasteiger partial charge on any atom is -0.367 e. The predicted octanol–water partition coefficient (Wildman–Crippen LogP) is 1.80. The van der Waals surface area contributed by atoms with E-state index in [4.69, 9.17) is 10.5 Å². The predicted molar refractivity (Wildman–Crippen MR) is 57.7 cm³/mol. The average Bonchev–Trinajstić information content (AvgIpc) is 2.16. The molecule has 1 amide bonds. The minimum atomic E-state index is -1.07. The fraction of sp³-hybridized carbons (Fsp3) is 0.300. The Bertz CT molecular complexity index is 354. The lowest BCUT2D eigenvalue weighted by molar-refractivity contribution is -0.139. The van der Waals surface area contributed by atoms with Gasteiger partial charge in [-0.15, -0.1) is 0 Å². The highest BCUT2D eigenvalue weighted by Gasteiger charge is 2.32. The molecule has 0 radical (unpaired) electrons. The van der Waals surface area contributed by atoms with Gasteiger partial charge in [-0.2, -0.15) is 0 Å². The van der Waals surface area contributed by atoms with Gasteiger partial charge < -0.3 is 10.5 Å². The average molecular weight is 258 g/mol. The molecule has 1 unspecified atom stereocenters. The van der Waals surface area contributed by atoms with Gasteiger partial charge in [-0.05, 0) is 24.6 Å². The molecule has 76 valence electrons. The van der Waals surface area contributed by atoms with Gasteiger partial charge in [0.25, 0.3) is 5.91 Å². The van der Waals surface area contributed by atoms with Gasteiger partial charge in [-0.1, -0.05) is 28.1 Å². The van der Waals surface area contributed by atoms with Crippen LogP contribution in [0.25, 0.3) is 0 Å². The highest BCUT2D eigenvalue weighted by molar-refractivity contribution is 9.10. The van der Waals surface area contributed by atoms with Crippen LogP contribution in [0.1, 0.15) is 12.5 Å². The number of ether oxygens (including phenoxy) is 1. The van der Waals surface area contributed by atoms with Gasteiger partial charge in [0.15, 0.2) is 5.60 Å². The maximum absolute atomic E-state index is 11.2. The molecule has 0 fully saturated rings. The number of primary amides is 1. The minimum absolute atomic E-state index is 0.502. The number of carbonyl (C=O) groups excluding carboxylic acids is 1. The van der Waals surface area contributed by atoms with Crippen LogP contribution in [0.5, 0.6) is 0 Å². The van der Waals surface area contributed by atoms with Crippen LogP contribution in [0.2, 0.25) is 0 Å². The molecule has 1 aromatic rings. The van der Waals surface area contributed by atoms with E-state index >= 15 is 0 Å². The molecule has 0 aliphatic rings. The summed E-state index contributed by atoms with van der Waals surface area (Å²) in [5.74, 6) is -0.502. The number of carbonyl (C=O) groups is 1. The van der Waals surface area contributed by atoms with Gasteiger partial charge in [-0.25, -0.2) is 0 Å². The smallest absolute Gasteiger partial charge is 0.254 e. The standard InChI is InChI=1S/C10H12BrNO2/c1-10(14-2,9(12)13)7-4-3-5-8(11)6-7/h3-6H,1-2H3,(H2,12,13). The van der Waals surface area contributed by atoms with E-state index in [1.165, 1.54) is 7.11 Å². The Kier molecular flexibility index (Phi) is 3.29. The summed E-state index contributed by atoms with van der Waals surface area (Å²) < 4.78 is 6.03. The van der Waals surface area contributed by atoms with Crippen molar-refractivity contribution in [3.8, 4) is 0 Å². The van der Waals surface area contributed by atoms with Crippen LogP contribution >= 0.6 is 15.9 Å². The number of hydrogen-bond donors (Lipinski definition) is 1. The lowest BCUT2D eigenvalue weighted by atomic mass is 9.95. The monoisotopic (exact) mass is 257 g/mol. The van der Waals surface area contributed by atoms with Crippen molar-refractivity contribution in [3.05, 3.63) is 34.3 Å². The number of methoxy groups -OCH3 is 1. The molecule has 4 heteroatoms. The van der Waals surface area contributed by atoms with Crippen molar-refractivity contribution in [2.24, 2.45) is 5.73 Å². The fourth-order valence-electron chi connectivity index (χ4n) is 1.15. The van der Waals surface area contributed by atoms with E-state index in [0.717, 1.165) is 10.0 Å². The molecule has 0 saturated heterocycles. The first-order valence-electron chi connectivity index (χ1n) is 4.12. The Hall–Kier alpha value is -0.870. The molecule has 0 aliphatic heterocycles. The third-order valence-electron chi connectivity index (χ3n) is 2.25. The Morgan fingerprint density at radius 2 is 2.21 bits per heavy atom. The van der Waals surface area contributed by atoms with Crippen molar-refractivity contribution in [2.75, 3.05) is 7.11 Å². The van der Waals surface area contributed by atoms with Crippen LogP contribution < -0.4 is 5.73 Å². The highest BCUT2D eigenvalue weighted by Crippen LogP contribution is 2.26. The van der Waals surface area contributed by atoms with E-state index in [0.29, 0.717) is 0 Å². The second-order valence-electron chi connectivity index (χ2n) is 3.11. The van der Waals surface area contributed by atoms with Crippen molar-refractivity contribution in [2.45, 2.75) is 12.5 Å². The van der Waals surface area contributed by atoms with Crippen LogP contribution in [0, 0.1) is 0 Å². The summed E-state index contributed by atoms with van der Waals surface area (Å²) in [6, 6.07) is 7.33. The first-order valence-corrected chi connectivity index (χ1v) is 4.91.